The van der Waals surface area contributed by atoms with Gasteiger partial charge in [-0.15, -0.1) is 0 Å². The summed E-state index contributed by atoms with van der Waals surface area (Å²) in [5.41, 5.74) is 0.410. The summed E-state index contributed by atoms with van der Waals surface area (Å²) in [5, 5.41) is 8.06. The Morgan fingerprint density at radius 3 is 2.50 bits per heavy atom. The van der Waals surface area contributed by atoms with E-state index in [1.807, 2.05) is 42.5 Å². The molecule has 0 bridgehead atoms. The molecule has 5 rings (SSSR count). The van der Waals surface area contributed by atoms with Crippen LogP contribution < -0.4 is 4.74 Å². The number of likely N-dealkylation sites (tertiary alicyclic amines) is 1. The third kappa shape index (κ3) is 5.30. The van der Waals surface area contributed by atoms with Gasteiger partial charge >= 0.3 is 12.1 Å². The third-order valence-corrected chi connectivity index (χ3v) is 5.50. The van der Waals surface area contributed by atoms with E-state index in [1.54, 1.807) is 17.2 Å². The number of ether oxygens (including phenoxy) is 2. The first-order chi connectivity index (χ1) is 16.2. The molecule has 2 aliphatic heterocycles. The molecule has 1 N–H and O–H groups in total. The summed E-state index contributed by atoms with van der Waals surface area (Å²) in [7, 11) is 0. The summed E-state index contributed by atoms with van der Waals surface area (Å²) in [5.74, 6) is -1.84. The minimum Gasteiger partial charge on any atom is -0.475 e. The van der Waals surface area contributed by atoms with Crippen molar-refractivity contribution in [2.24, 2.45) is 0 Å². The van der Waals surface area contributed by atoms with Gasteiger partial charge in [-0.25, -0.2) is 9.78 Å². The number of aliphatic carboxylic acids is 1. The molecule has 3 aromatic rings. The van der Waals surface area contributed by atoms with Crippen LogP contribution in [-0.2, 0) is 9.53 Å². The zero-order chi connectivity index (χ0) is 24.3. The summed E-state index contributed by atoms with van der Waals surface area (Å²) in [6.45, 7) is 1.75. The highest BCUT2D eigenvalue weighted by molar-refractivity contribution is 5.96. The molecule has 2 fully saturated rings. The number of carbonyl (C=O) groups is 2. The first kappa shape index (κ1) is 23.6. The number of aromatic nitrogens is 1. The van der Waals surface area contributed by atoms with Gasteiger partial charge in [0.1, 0.15) is 17.3 Å². The summed E-state index contributed by atoms with van der Waals surface area (Å²) in [4.78, 5) is 27.6. The van der Waals surface area contributed by atoms with Gasteiger partial charge < -0.3 is 23.9 Å². The van der Waals surface area contributed by atoms with Gasteiger partial charge in [-0.2, -0.15) is 13.2 Å². The van der Waals surface area contributed by atoms with Gasteiger partial charge in [0.15, 0.2) is 5.76 Å². The molecule has 11 heteroatoms. The van der Waals surface area contributed by atoms with E-state index in [0.29, 0.717) is 31.3 Å². The van der Waals surface area contributed by atoms with E-state index in [1.165, 1.54) is 0 Å². The number of carboxylic acids is 1. The van der Waals surface area contributed by atoms with Crippen molar-refractivity contribution in [1.29, 1.82) is 0 Å². The van der Waals surface area contributed by atoms with E-state index in [-0.39, 0.29) is 17.6 Å². The average Bonchev–Trinajstić information content (AvgIpc) is 3.22. The van der Waals surface area contributed by atoms with Gasteiger partial charge in [-0.05, 0) is 18.2 Å². The Hall–Kier alpha value is -3.60. The predicted octanol–water partition coefficient (Wildman–Crippen LogP) is 3.91. The maximum atomic E-state index is 12.7. The Morgan fingerprint density at radius 1 is 1.15 bits per heavy atom. The van der Waals surface area contributed by atoms with Gasteiger partial charge in [0.25, 0.3) is 5.91 Å². The topological polar surface area (TPSA) is 102 Å². The molecule has 0 radical (unpaired) electrons. The summed E-state index contributed by atoms with van der Waals surface area (Å²) in [6.07, 6.45) is -1.72. The number of hydrogen-bond donors (Lipinski definition) is 1. The van der Waals surface area contributed by atoms with Crippen molar-refractivity contribution in [2.75, 3.05) is 19.7 Å². The van der Waals surface area contributed by atoms with Gasteiger partial charge in [0.05, 0.1) is 19.7 Å². The Labute approximate surface area is 191 Å². The molecule has 2 aromatic heterocycles. The number of halogens is 3. The highest BCUT2D eigenvalue weighted by Crippen LogP contribution is 2.36. The average molecular weight is 478 g/mol. The number of benzene rings is 1. The van der Waals surface area contributed by atoms with Crippen LogP contribution in [0.3, 0.4) is 0 Å². The van der Waals surface area contributed by atoms with E-state index in [4.69, 9.17) is 23.8 Å². The lowest BCUT2D eigenvalue weighted by atomic mass is 9.84. The molecule has 4 heterocycles. The van der Waals surface area contributed by atoms with Gasteiger partial charge in [-0.3, -0.25) is 4.79 Å². The maximum Gasteiger partial charge on any atom is 0.490 e. The normalized spacial score (nSPS) is 19.1. The summed E-state index contributed by atoms with van der Waals surface area (Å²) in [6, 6.07) is 15.1. The number of pyridine rings is 1. The number of carboxylic acid groups (broad SMARTS) is 1. The van der Waals surface area contributed by atoms with Crippen LogP contribution in [0.15, 0.2) is 59.1 Å². The van der Waals surface area contributed by atoms with E-state index >= 15 is 0 Å². The van der Waals surface area contributed by atoms with Crippen LogP contribution in [0.2, 0.25) is 0 Å². The van der Waals surface area contributed by atoms with Gasteiger partial charge in [0.2, 0.25) is 5.88 Å². The molecule has 0 saturated carbocycles. The fraction of sp³-hybridized carbons (Fsp3) is 0.348. The van der Waals surface area contributed by atoms with Crippen molar-refractivity contribution in [3.63, 3.8) is 0 Å². The van der Waals surface area contributed by atoms with Crippen LogP contribution in [-0.4, -0.2) is 64.4 Å². The fourth-order valence-electron chi connectivity index (χ4n) is 3.93. The van der Waals surface area contributed by atoms with Crippen LogP contribution in [0.1, 0.15) is 23.4 Å². The number of alkyl halides is 3. The Morgan fingerprint density at radius 2 is 1.85 bits per heavy atom. The molecule has 1 atom stereocenters. The Kier molecular flexibility index (Phi) is 6.47. The Bertz CT molecular complexity index is 1130. The van der Waals surface area contributed by atoms with Crippen molar-refractivity contribution < 1.29 is 41.8 Å². The lowest BCUT2D eigenvalue weighted by molar-refractivity contribution is -0.192. The smallest absolute Gasteiger partial charge is 0.475 e. The van der Waals surface area contributed by atoms with Gasteiger partial charge in [0, 0.05) is 30.5 Å². The summed E-state index contributed by atoms with van der Waals surface area (Å²) >= 11 is 0. The predicted molar refractivity (Wildman–Crippen MR) is 112 cm³/mol. The Balaban J connectivity index is 0.000000344. The lowest BCUT2D eigenvalue weighted by Gasteiger charge is -2.52. The standard InChI is InChI=1S/C21H20N2O4.C2HF3O2/c24-20(18-11-15-5-1-2-6-17(15)27-18)23-13-21(14-23)12-16(8-10-25-21)26-19-7-3-4-9-22-19;3-2(4,5)1(6)7/h1-7,9,11,16H,8,10,12-14H2;(H,6,7). The fourth-order valence-corrected chi connectivity index (χ4v) is 3.93. The largest absolute Gasteiger partial charge is 0.490 e. The second-order valence-corrected chi connectivity index (χ2v) is 8.04. The lowest BCUT2D eigenvalue weighted by Crippen LogP contribution is -2.67. The third-order valence-electron chi connectivity index (χ3n) is 5.50. The van der Waals surface area contributed by atoms with Crippen LogP contribution in [0.25, 0.3) is 11.0 Å². The highest BCUT2D eigenvalue weighted by atomic mass is 19.4. The van der Waals surface area contributed by atoms with E-state index < -0.39 is 12.1 Å². The first-order valence-corrected chi connectivity index (χ1v) is 10.4. The van der Waals surface area contributed by atoms with Crippen LogP contribution in [0, 0.1) is 0 Å². The molecule has 2 aliphatic rings. The zero-order valence-corrected chi connectivity index (χ0v) is 17.8. The second kappa shape index (κ2) is 9.34. The van der Waals surface area contributed by atoms with Crippen molar-refractivity contribution in [1.82, 2.24) is 9.88 Å². The number of fused-ring (bicyclic) bond motifs is 1. The molecular weight excluding hydrogens is 457 g/mol. The molecule has 34 heavy (non-hydrogen) atoms. The van der Waals surface area contributed by atoms with Crippen LogP contribution >= 0.6 is 0 Å². The van der Waals surface area contributed by atoms with E-state index in [0.717, 1.165) is 23.8 Å². The van der Waals surface area contributed by atoms with Gasteiger partial charge in [-0.1, -0.05) is 24.3 Å². The number of carbonyl (C=O) groups excluding carboxylic acids is 1. The number of para-hydroxylation sites is 1. The second-order valence-electron chi connectivity index (χ2n) is 8.04. The number of furan rings is 1. The molecule has 180 valence electrons. The van der Waals surface area contributed by atoms with Crippen molar-refractivity contribution in [3.05, 3.63) is 60.5 Å². The number of nitrogens with zero attached hydrogens (tertiary/aromatic N) is 2. The molecule has 2 saturated heterocycles. The summed E-state index contributed by atoms with van der Waals surface area (Å²) < 4.78 is 49.4. The minimum absolute atomic E-state index is 0.0529. The first-order valence-electron chi connectivity index (χ1n) is 10.4. The zero-order valence-electron chi connectivity index (χ0n) is 17.8. The van der Waals surface area contributed by atoms with Crippen molar-refractivity contribution >= 4 is 22.8 Å². The quantitative estimate of drug-likeness (QED) is 0.609. The van der Waals surface area contributed by atoms with E-state index in [9.17, 15) is 18.0 Å². The number of hydrogen-bond acceptors (Lipinski definition) is 6. The van der Waals surface area contributed by atoms with Crippen LogP contribution in [0.5, 0.6) is 5.88 Å². The molecule has 1 unspecified atom stereocenters. The monoisotopic (exact) mass is 478 g/mol. The van der Waals surface area contributed by atoms with Crippen molar-refractivity contribution in [2.45, 2.75) is 30.7 Å². The molecule has 1 amide bonds. The molecule has 8 nitrogen and oxygen atoms in total. The molecule has 0 aliphatic carbocycles. The number of rotatable bonds is 3. The molecule has 1 spiro atoms. The molecule has 1 aromatic carbocycles. The van der Waals surface area contributed by atoms with Crippen molar-refractivity contribution in [3.8, 4) is 5.88 Å². The van der Waals surface area contributed by atoms with E-state index in [2.05, 4.69) is 4.98 Å². The molecular formula is C23H21F3N2O6. The highest BCUT2D eigenvalue weighted by Gasteiger charge is 2.50. The minimum atomic E-state index is -5.08. The maximum absolute atomic E-state index is 12.7. The van der Waals surface area contributed by atoms with Crippen LogP contribution in [0.4, 0.5) is 13.2 Å². The number of amides is 1. The SMILES string of the molecule is O=C(O)C(F)(F)F.O=C(c1cc2ccccc2o1)N1CC2(CC(Oc3ccccn3)CCO2)C1.